The van der Waals surface area contributed by atoms with Gasteiger partial charge in [0.05, 0.1) is 22.1 Å². The van der Waals surface area contributed by atoms with Crippen molar-refractivity contribution in [1.82, 2.24) is 14.8 Å². The number of hydrogen-bond acceptors (Lipinski definition) is 3. The fourth-order valence-corrected chi connectivity index (χ4v) is 3.52. The van der Waals surface area contributed by atoms with Gasteiger partial charge in [0, 0.05) is 21.8 Å². The molecule has 22 heavy (non-hydrogen) atoms. The first kappa shape index (κ1) is 13.3. The molecule has 3 aromatic heterocycles. The van der Waals surface area contributed by atoms with E-state index in [0.717, 1.165) is 34.1 Å². The minimum Gasteiger partial charge on any atom is -0.290 e. The Morgan fingerprint density at radius 3 is 2.91 bits per heavy atom. The minimum atomic E-state index is -0.0505. The van der Waals surface area contributed by atoms with E-state index in [0.29, 0.717) is 5.39 Å². The van der Waals surface area contributed by atoms with E-state index in [1.165, 1.54) is 4.88 Å². The second-order valence-corrected chi connectivity index (χ2v) is 6.44. The van der Waals surface area contributed by atoms with Gasteiger partial charge in [0.25, 0.3) is 5.56 Å². The number of nitrogens with one attached hydrogen (secondary N) is 1. The number of H-pyrrole nitrogens is 1. The zero-order valence-corrected chi connectivity index (χ0v) is 13.2. The molecule has 3 heterocycles. The Hall–Kier alpha value is -2.40. The van der Waals surface area contributed by atoms with Crippen molar-refractivity contribution < 1.29 is 0 Å². The molecule has 0 unspecified atom stereocenters. The van der Waals surface area contributed by atoms with Crippen LogP contribution >= 0.6 is 11.3 Å². The van der Waals surface area contributed by atoms with E-state index < -0.39 is 0 Å². The zero-order valence-electron chi connectivity index (χ0n) is 12.4. The van der Waals surface area contributed by atoms with Crippen molar-refractivity contribution in [2.45, 2.75) is 20.3 Å². The number of hydrogen-bond donors (Lipinski definition) is 1. The molecule has 5 heteroatoms. The summed E-state index contributed by atoms with van der Waals surface area (Å²) in [5.74, 6) is 0. The molecule has 0 amide bonds. The fraction of sp³-hybridized carbons (Fsp3) is 0.176. The number of pyridine rings is 1. The van der Waals surface area contributed by atoms with Gasteiger partial charge in [-0.15, -0.1) is 11.3 Å². The summed E-state index contributed by atoms with van der Waals surface area (Å²) in [5.41, 5.74) is 3.75. The number of aryl methyl sites for hydroxylation is 2. The molecule has 0 saturated heterocycles. The Bertz CT molecular complexity index is 1050. The van der Waals surface area contributed by atoms with Gasteiger partial charge in [-0.2, -0.15) is 0 Å². The monoisotopic (exact) mass is 309 g/mol. The first-order valence-corrected chi connectivity index (χ1v) is 8.13. The summed E-state index contributed by atoms with van der Waals surface area (Å²) in [4.78, 5) is 18.3. The van der Waals surface area contributed by atoms with Crippen molar-refractivity contribution in [1.29, 1.82) is 0 Å². The Labute approximate surface area is 131 Å². The van der Waals surface area contributed by atoms with Crippen molar-refractivity contribution in [3.05, 3.63) is 56.6 Å². The van der Waals surface area contributed by atoms with Crippen LogP contribution in [-0.2, 0) is 6.42 Å². The van der Waals surface area contributed by atoms with Crippen LogP contribution in [0.3, 0.4) is 0 Å². The van der Waals surface area contributed by atoms with E-state index in [1.807, 2.05) is 30.5 Å². The SMILES string of the molecule is CCc1cc(-n2[nH]c3c(cnc4cc(C)ccc43)c2=O)cs1. The lowest BCUT2D eigenvalue weighted by Crippen LogP contribution is -2.13. The predicted molar refractivity (Wildman–Crippen MR) is 91.2 cm³/mol. The van der Waals surface area contributed by atoms with Crippen LogP contribution in [-0.4, -0.2) is 14.8 Å². The van der Waals surface area contributed by atoms with Gasteiger partial charge in [0.15, 0.2) is 0 Å². The molecule has 0 saturated carbocycles. The van der Waals surface area contributed by atoms with Gasteiger partial charge in [-0.25, -0.2) is 4.68 Å². The van der Waals surface area contributed by atoms with E-state index in [-0.39, 0.29) is 5.56 Å². The summed E-state index contributed by atoms with van der Waals surface area (Å²) in [7, 11) is 0. The van der Waals surface area contributed by atoms with Crippen molar-refractivity contribution >= 4 is 33.1 Å². The molecule has 4 aromatic rings. The Morgan fingerprint density at radius 1 is 1.27 bits per heavy atom. The molecule has 0 radical (unpaired) electrons. The lowest BCUT2D eigenvalue weighted by atomic mass is 10.1. The molecule has 0 aliphatic rings. The molecule has 1 aromatic carbocycles. The Balaban J connectivity index is 2.03. The fourth-order valence-electron chi connectivity index (χ4n) is 2.72. The van der Waals surface area contributed by atoms with Crippen LogP contribution in [0.25, 0.3) is 27.5 Å². The smallest absolute Gasteiger partial charge is 0.280 e. The highest BCUT2D eigenvalue weighted by atomic mass is 32.1. The highest BCUT2D eigenvalue weighted by Crippen LogP contribution is 2.23. The third-order valence-corrected chi connectivity index (χ3v) is 5.00. The van der Waals surface area contributed by atoms with E-state index in [4.69, 9.17) is 0 Å². The van der Waals surface area contributed by atoms with Gasteiger partial charge in [-0.05, 0) is 31.0 Å². The van der Waals surface area contributed by atoms with Crippen LogP contribution in [0.1, 0.15) is 17.4 Å². The first-order chi connectivity index (χ1) is 10.7. The third-order valence-electron chi connectivity index (χ3n) is 3.93. The second kappa shape index (κ2) is 4.81. The number of fused-ring (bicyclic) bond motifs is 3. The minimum absolute atomic E-state index is 0.0505. The summed E-state index contributed by atoms with van der Waals surface area (Å²) in [6.45, 7) is 4.15. The van der Waals surface area contributed by atoms with Crippen molar-refractivity contribution in [2.24, 2.45) is 0 Å². The van der Waals surface area contributed by atoms with Gasteiger partial charge in [-0.1, -0.05) is 19.1 Å². The number of nitrogens with zero attached hydrogens (tertiary/aromatic N) is 2. The van der Waals surface area contributed by atoms with Crippen LogP contribution in [0.15, 0.2) is 40.6 Å². The van der Waals surface area contributed by atoms with Gasteiger partial charge in [0.1, 0.15) is 0 Å². The van der Waals surface area contributed by atoms with Crippen molar-refractivity contribution in [3.63, 3.8) is 0 Å². The summed E-state index contributed by atoms with van der Waals surface area (Å²) in [5, 5.41) is 6.86. The van der Waals surface area contributed by atoms with E-state index in [9.17, 15) is 4.79 Å². The average Bonchev–Trinajstić information content (AvgIpc) is 3.11. The van der Waals surface area contributed by atoms with E-state index in [2.05, 4.69) is 23.1 Å². The van der Waals surface area contributed by atoms with Gasteiger partial charge < -0.3 is 0 Å². The topological polar surface area (TPSA) is 50.7 Å². The van der Waals surface area contributed by atoms with Gasteiger partial charge >= 0.3 is 0 Å². The molecule has 0 aliphatic heterocycles. The largest absolute Gasteiger partial charge is 0.290 e. The molecule has 0 spiro atoms. The van der Waals surface area contributed by atoms with Crippen LogP contribution < -0.4 is 5.56 Å². The standard InChI is InChI=1S/C17H15N3OS/c1-3-12-7-11(9-22-12)20-17(21)14-8-18-15-6-10(2)4-5-13(15)16(14)19-20/h4-9,19H,3H2,1-2H3. The quantitative estimate of drug-likeness (QED) is 0.612. The third kappa shape index (κ3) is 1.89. The molecular formula is C17H15N3OS. The number of aromatic amines is 1. The van der Waals surface area contributed by atoms with Crippen LogP contribution in [0.5, 0.6) is 0 Å². The predicted octanol–water partition coefficient (Wildman–Crippen LogP) is 3.80. The number of benzene rings is 1. The van der Waals surface area contributed by atoms with Gasteiger partial charge in [0.2, 0.25) is 0 Å². The zero-order chi connectivity index (χ0) is 15.3. The second-order valence-electron chi connectivity index (χ2n) is 5.44. The normalized spacial score (nSPS) is 11.5. The van der Waals surface area contributed by atoms with E-state index >= 15 is 0 Å². The molecular weight excluding hydrogens is 294 g/mol. The molecule has 0 atom stereocenters. The maximum absolute atomic E-state index is 12.6. The van der Waals surface area contributed by atoms with E-state index in [1.54, 1.807) is 22.2 Å². The molecule has 0 bridgehead atoms. The Kier molecular flexibility index (Phi) is 2.90. The molecule has 4 nitrogen and oxygen atoms in total. The van der Waals surface area contributed by atoms with Crippen LogP contribution in [0.4, 0.5) is 0 Å². The molecule has 110 valence electrons. The van der Waals surface area contributed by atoms with Crippen LogP contribution in [0.2, 0.25) is 0 Å². The molecule has 0 aliphatic carbocycles. The lowest BCUT2D eigenvalue weighted by Gasteiger charge is -1.99. The highest BCUT2D eigenvalue weighted by molar-refractivity contribution is 7.10. The van der Waals surface area contributed by atoms with Crippen molar-refractivity contribution in [3.8, 4) is 5.69 Å². The molecule has 1 N–H and O–H groups in total. The number of aromatic nitrogens is 3. The highest BCUT2D eigenvalue weighted by Gasteiger charge is 2.12. The number of thiophene rings is 1. The summed E-state index contributed by atoms with van der Waals surface area (Å²) in [6.07, 6.45) is 2.64. The maximum Gasteiger partial charge on any atom is 0.280 e. The van der Waals surface area contributed by atoms with Crippen LogP contribution in [0, 0.1) is 6.92 Å². The lowest BCUT2D eigenvalue weighted by molar-refractivity contribution is 0.867. The summed E-state index contributed by atoms with van der Waals surface area (Å²) >= 11 is 1.67. The maximum atomic E-state index is 12.6. The molecule has 4 rings (SSSR count). The summed E-state index contributed by atoms with van der Waals surface area (Å²) in [6, 6.07) is 8.15. The van der Waals surface area contributed by atoms with Gasteiger partial charge in [-0.3, -0.25) is 14.9 Å². The average molecular weight is 309 g/mol. The summed E-state index contributed by atoms with van der Waals surface area (Å²) < 4.78 is 1.61. The first-order valence-electron chi connectivity index (χ1n) is 7.25. The Morgan fingerprint density at radius 2 is 2.14 bits per heavy atom. The number of rotatable bonds is 2. The molecule has 0 fully saturated rings. The van der Waals surface area contributed by atoms with Crippen molar-refractivity contribution in [2.75, 3.05) is 0 Å².